The maximum absolute atomic E-state index is 13.2. The Bertz CT molecular complexity index is 804. The zero-order chi connectivity index (χ0) is 21.9. The second-order valence-corrected chi connectivity index (χ2v) is 5.22. The molecule has 0 fully saturated rings. The summed E-state index contributed by atoms with van der Waals surface area (Å²) in [7, 11) is 0. The van der Waals surface area contributed by atoms with E-state index in [1.165, 1.54) is 0 Å². The molecule has 154 valence electrons. The van der Waals surface area contributed by atoms with Crippen molar-refractivity contribution in [3.63, 3.8) is 0 Å². The smallest absolute Gasteiger partial charge is 0.303 e. The van der Waals surface area contributed by atoms with E-state index in [9.17, 15) is 50.4 Å². The highest BCUT2D eigenvalue weighted by atomic mass is 19.4. The number of nitrogens with one attached hydrogen (secondary N) is 2. The van der Waals surface area contributed by atoms with E-state index in [4.69, 9.17) is 0 Å². The van der Waals surface area contributed by atoms with Crippen LogP contribution in [0.3, 0.4) is 0 Å². The number of nitro groups is 1. The van der Waals surface area contributed by atoms with Crippen LogP contribution in [0.2, 0.25) is 0 Å². The second-order valence-electron chi connectivity index (χ2n) is 5.22. The molecule has 0 aliphatic carbocycles. The quantitative estimate of drug-likeness (QED) is 0.307. The van der Waals surface area contributed by atoms with Crippen LogP contribution in [0.15, 0.2) is 36.0 Å². The first-order valence-electron chi connectivity index (χ1n) is 6.97. The molecule has 14 heteroatoms. The molecule has 0 saturated heterocycles. The van der Waals surface area contributed by atoms with Crippen molar-refractivity contribution in [3.05, 3.63) is 51.7 Å². The Kier molecular flexibility index (Phi) is 6.38. The van der Waals surface area contributed by atoms with E-state index in [1.807, 2.05) is 10.9 Å². The lowest BCUT2D eigenvalue weighted by Gasteiger charge is -2.26. The van der Waals surface area contributed by atoms with Crippen molar-refractivity contribution in [2.75, 3.05) is 0 Å². The SMILES string of the molecule is C/C(=C\C(=O)C(F)(F)C(F)(F)C(F)(F)F)NNC(=O)c1ccc([N+](=O)[O-])cc1. The Morgan fingerprint density at radius 1 is 1.00 bits per heavy atom. The van der Waals surface area contributed by atoms with Gasteiger partial charge in [0.1, 0.15) is 0 Å². The number of rotatable bonds is 7. The van der Waals surface area contributed by atoms with Gasteiger partial charge < -0.3 is 5.43 Å². The standard InChI is InChI=1S/C14H10F7N3O4/c1-7(6-10(25)12(15,16)13(17,18)14(19,20)21)22-23-11(26)8-2-4-9(5-3-8)24(27)28/h2-6,22H,1H3,(H,23,26)/b7-6+. The number of nitrogens with zero attached hydrogens (tertiary/aromatic N) is 1. The van der Waals surface area contributed by atoms with Gasteiger partial charge in [-0.15, -0.1) is 0 Å². The number of amides is 1. The number of alkyl halides is 7. The molecular weight excluding hydrogens is 407 g/mol. The Morgan fingerprint density at radius 2 is 1.50 bits per heavy atom. The van der Waals surface area contributed by atoms with E-state index in [2.05, 4.69) is 0 Å². The van der Waals surface area contributed by atoms with Gasteiger partial charge in [0, 0.05) is 29.5 Å². The van der Waals surface area contributed by atoms with Crippen molar-refractivity contribution in [1.29, 1.82) is 0 Å². The van der Waals surface area contributed by atoms with Gasteiger partial charge in [-0.05, 0) is 19.1 Å². The van der Waals surface area contributed by atoms with Crippen LogP contribution in [0, 0.1) is 10.1 Å². The van der Waals surface area contributed by atoms with Crippen molar-refractivity contribution in [2.24, 2.45) is 0 Å². The van der Waals surface area contributed by atoms with E-state index >= 15 is 0 Å². The Balaban J connectivity index is 2.82. The van der Waals surface area contributed by atoms with Crippen LogP contribution in [0.5, 0.6) is 0 Å². The summed E-state index contributed by atoms with van der Waals surface area (Å²) in [5.74, 6) is -16.5. The molecule has 0 spiro atoms. The monoisotopic (exact) mass is 417 g/mol. The molecule has 0 unspecified atom stereocenters. The summed E-state index contributed by atoms with van der Waals surface area (Å²) < 4.78 is 88.0. The zero-order valence-corrected chi connectivity index (χ0v) is 13.6. The van der Waals surface area contributed by atoms with Crippen LogP contribution in [0.4, 0.5) is 36.4 Å². The molecule has 0 heterocycles. The average Bonchev–Trinajstić information content (AvgIpc) is 2.58. The van der Waals surface area contributed by atoms with Crippen LogP contribution >= 0.6 is 0 Å². The molecule has 0 aromatic heterocycles. The summed E-state index contributed by atoms with van der Waals surface area (Å²) in [5.41, 5.74) is 2.53. The molecule has 0 bridgehead atoms. The van der Waals surface area contributed by atoms with Gasteiger partial charge in [0.05, 0.1) is 4.92 Å². The van der Waals surface area contributed by atoms with Crippen molar-refractivity contribution in [2.45, 2.75) is 24.9 Å². The van der Waals surface area contributed by atoms with Crippen molar-refractivity contribution in [1.82, 2.24) is 10.9 Å². The first-order valence-corrected chi connectivity index (χ1v) is 6.97. The van der Waals surface area contributed by atoms with E-state index in [1.54, 1.807) is 0 Å². The highest BCUT2D eigenvalue weighted by Gasteiger charge is 2.75. The number of halogens is 7. The molecule has 28 heavy (non-hydrogen) atoms. The third-order valence-corrected chi connectivity index (χ3v) is 3.12. The van der Waals surface area contributed by atoms with Gasteiger partial charge in [0.25, 0.3) is 11.6 Å². The molecule has 0 aliphatic rings. The average molecular weight is 417 g/mol. The number of non-ortho nitro benzene ring substituents is 1. The van der Waals surface area contributed by atoms with Crippen LogP contribution in [0.1, 0.15) is 17.3 Å². The first-order chi connectivity index (χ1) is 12.6. The fraction of sp³-hybridized carbons (Fsp3) is 0.286. The highest BCUT2D eigenvalue weighted by Crippen LogP contribution is 2.47. The van der Waals surface area contributed by atoms with Crippen LogP contribution in [-0.2, 0) is 4.79 Å². The van der Waals surface area contributed by atoms with Gasteiger partial charge in [0.15, 0.2) is 0 Å². The van der Waals surface area contributed by atoms with E-state index in [0.29, 0.717) is 0 Å². The highest BCUT2D eigenvalue weighted by molar-refractivity contribution is 5.97. The maximum Gasteiger partial charge on any atom is 0.460 e. The molecule has 2 N–H and O–H groups in total. The van der Waals surface area contributed by atoms with E-state index in [0.717, 1.165) is 31.2 Å². The molecule has 7 nitrogen and oxygen atoms in total. The van der Waals surface area contributed by atoms with Gasteiger partial charge in [0.2, 0.25) is 5.78 Å². The number of hydrogen-bond acceptors (Lipinski definition) is 5. The van der Waals surface area contributed by atoms with Gasteiger partial charge >= 0.3 is 18.0 Å². The molecule has 0 atom stereocenters. The topological polar surface area (TPSA) is 101 Å². The fourth-order valence-corrected chi connectivity index (χ4v) is 1.62. The largest absolute Gasteiger partial charge is 0.460 e. The van der Waals surface area contributed by atoms with E-state index < -0.39 is 40.3 Å². The molecule has 1 aromatic rings. The van der Waals surface area contributed by atoms with Crippen molar-refractivity contribution in [3.8, 4) is 0 Å². The van der Waals surface area contributed by atoms with Crippen molar-refractivity contribution < 1.29 is 45.2 Å². The number of allylic oxidation sites excluding steroid dienone is 2. The Morgan fingerprint density at radius 3 is 1.93 bits per heavy atom. The zero-order valence-electron chi connectivity index (χ0n) is 13.6. The fourth-order valence-electron chi connectivity index (χ4n) is 1.62. The molecular formula is C14H10F7N3O4. The maximum atomic E-state index is 13.2. The lowest BCUT2D eigenvalue weighted by atomic mass is 10.1. The van der Waals surface area contributed by atoms with Gasteiger partial charge in [-0.1, -0.05) is 0 Å². The Hall–Kier alpha value is -3.19. The Labute approximate surface area is 151 Å². The summed E-state index contributed by atoms with van der Waals surface area (Å²) in [6.45, 7) is 0.829. The summed E-state index contributed by atoms with van der Waals surface area (Å²) in [5, 5.41) is 10.5. The van der Waals surface area contributed by atoms with E-state index in [-0.39, 0.29) is 17.3 Å². The van der Waals surface area contributed by atoms with Crippen LogP contribution in [0.25, 0.3) is 0 Å². The minimum Gasteiger partial charge on any atom is -0.303 e. The third-order valence-electron chi connectivity index (χ3n) is 3.12. The van der Waals surface area contributed by atoms with Gasteiger partial charge in [-0.2, -0.15) is 30.7 Å². The number of carbonyl (C=O) groups excluding carboxylic acids is 2. The minimum absolute atomic E-state index is 0.147. The van der Waals surface area contributed by atoms with Crippen LogP contribution in [-0.4, -0.2) is 34.6 Å². The third kappa shape index (κ3) is 4.75. The van der Waals surface area contributed by atoms with Crippen LogP contribution < -0.4 is 10.9 Å². The lowest BCUT2D eigenvalue weighted by molar-refractivity contribution is -0.384. The predicted molar refractivity (Wildman–Crippen MR) is 78.4 cm³/mol. The van der Waals surface area contributed by atoms with Gasteiger partial charge in [-0.3, -0.25) is 25.1 Å². The predicted octanol–water partition coefficient (Wildman–Crippen LogP) is 3.14. The van der Waals surface area contributed by atoms with Crippen molar-refractivity contribution >= 4 is 17.4 Å². The molecule has 1 rings (SSSR count). The molecule has 1 amide bonds. The molecule has 1 aromatic carbocycles. The number of hydrogen-bond donors (Lipinski definition) is 2. The first kappa shape index (κ1) is 22.9. The summed E-state index contributed by atoms with van der Waals surface area (Å²) in [4.78, 5) is 32.6. The normalized spacial score (nSPS) is 13.1. The minimum atomic E-state index is -6.66. The summed E-state index contributed by atoms with van der Waals surface area (Å²) in [6, 6.07) is 4.00. The molecule has 0 saturated carbocycles. The number of ketones is 1. The molecule has 0 aliphatic heterocycles. The number of benzene rings is 1. The number of hydrazine groups is 1. The number of carbonyl (C=O) groups is 2. The second kappa shape index (κ2) is 7.82. The van der Waals surface area contributed by atoms with Gasteiger partial charge in [-0.25, -0.2) is 0 Å². The number of nitro benzene ring substituents is 1. The summed E-state index contributed by atoms with van der Waals surface area (Å²) >= 11 is 0. The molecule has 0 radical (unpaired) electrons. The lowest BCUT2D eigenvalue weighted by Crippen LogP contribution is -2.55. The summed E-state index contributed by atoms with van der Waals surface area (Å²) in [6.07, 6.45) is -6.90.